The van der Waals surface area contributed by atoms with Gasteiger partial charge in [0.2, 0.25) is 5.91 Å². The predicted molar refractivity (Wildman–Crippen MR) is 97.5 cm³/mol. The lowest BCUT2D eigenvalue weighted by Crippen LogP contribution is -2.15. The van der Waals surface area contributed by atoms with E-state index in [2.05, 4.69) is 10.3 Å². The standard InChI is InChI=1S/C19H18N2O2S/c1-14-2-8-17(9-3-14)23-12-10-18(22)21-16-6-4-15(5-7-16)19-20-11-13-24-19/h2-9,11,13H,10,12H2,1H3,(H,21,22). The van der Waals surface area contributed by atoms with Gasteiger partial charge in [-0.15, -0.1) is 11.3 Å². The number of aromatic nitrogens is 1. The number of nitrogens with one attached hydrogen (secondary N) is 1. The highest BCUT2D eigenvalue weighted by molar-refractivity contribution is 7.13. The number of carbonyl (C=O) groups excluding carboxylic acids is 1. The van der Waals surface area contributed by atoms with Crippen LogP contribution in [0.3, 0.4) is 0 Å². The number of benzene rings is 2. The van der Waals surface area contributed by atoms with Gasteiger partial charge in [-0.1, -0.05) is 17.7 Å². The van der Waals surface area contributed by atoms with E-state index < -0.39 is 0 Å². The van der Waals surface area contributed by atoms with Crippen molar-refractivity contribution in [2.45, 2.75) is 13.3 Å². The third kappa shape index (κ3) is 4.43. The number of anilines is 1. The molecule has 0 saturated carbocycles. The van der Waals surface area contributed by atoms with Gasteiger partial charge in [0, 0.05) is 22.8 Å². The molecule has 122 valence electrons. The molecule has 4 nitrogen and oxygen atoms in total. The molecular formula is C19H18N2O2S. The zero-order valence-corrected chi connectivity index (χ0v) is 14.2. The second-order valence-electron chi connectivity index (χ2n) is 5.37. The van der Waals surface area contributed by atoms with E-state index in [9.17, 15) is 4.79 Å². The Morgan fingerprint density at radius 3 is 2.54 bits per heavy atom. The van der Waals surface area contributed by atoms with Crippen LogP contribution in [0.15, 0.2) is 60.1 Å². The predicted octanol–water partition coefficient (Wildman–Crippen LogP) is 4.53. The van der Waals surface area contributed by atoms with Crippen molar-refractivity contribution in [3.05, 3.63) is 65.7 Å². The Labute approximate surface area is 145 Å². The summed E-state index contributed by atoms with van der Waals surface area (Å²) in [6.07, 6.45) is 2.09. The third-order valence-electron chi connectivity index (χ3n) is 3.47. The first-order chi connectivity index (χ1) is 11.7. The molecule has 1 N–H and O–H groups in total. The molecule has 0 bridgehead atoms. The fraction of sp³-hybridized carbons (Fsp3) is 0.158. The van der Waals surface area contributed by atoms with Crippen molar-refractivity contribution in [2.24, 2.45) is 0 Å². The number of thiazole rings is 1. The lowest BCUT2D eigenvalue weighted by Gasteiger charge is -2.08. The van der Waals surface area contributed by atoms with E-state index in [4.69, 9.17) is 4.74 Å². The molecule has 2 aromatic carbocycles. The fourth-order valence-electron chi connectivity index (χ4n) is 2.18. The molecule has 0 radical (unpaired) electrons. The Morgan fingerprint density at radius 1 is 1.12 bits per heavy atom. The third-order valence-corrected chi connectivity index (χ3v) is 4.29. The van der Waals surface area contributed by atoms with E-state index in [0.29, 0.717) is 13.0 Å². The lowest BCUT2D eigenvalue weighted by atomic mass is 10.2. The number of carbonyl (C=O) groups is 1. The summed E-state index contributed by atoms with van der Waals surface area (Å²) in [4.78, 5) is 16.2. The fourth-order valence-corrected chi connectivity index (χ4v) is 2.83. The number of nitrogens with zero attached hydrogens (tertiary/aromatic N) is 1. The maximum atomic E-state index is 12.0. The van der Waals surface area contributed by atoms with Crippen LogP contribution in [0, 0.1) is 6.92 Å². The average molecular weight is 338 g/mol. The van der Waals surface area contributed by atoms with Gasteiger partial charge in [-0.25, -0.2) is 4.98 Å². The summed E-state index contributed by atoms with van der Waals surface area (Å²) in [7, 11) is 0. The van der Waals surface area contributed by atoms with Gasteiger partial charge in [-0.3, -0.25) is 4.79 Å². The molecule has 0 atom stereocenters. The topological polar surface area (TPSA) is 51.2 Å². The Balaban J connectivity index is 1.47. The maximum absolute atomic E-state index is 12.0. The van der Waals surface area contributed by atoms with Crippen LogP contribution < -0.4 is 10.1 Å². The smallest absolute Gasteiger partial charge is 0.227 e. The first kappa shape index (κ1) is 16.2. The Morgan fingerprint density at radius 2 is 1.88 bits per heavy atom. The van der Waals surface area contributed by atoms with Crippen molar-refractivity contribution in [3.63, 3.8) is 0 Å². The maximum Gasteiger partial charge on any atom is 0.227 e. The molecule has 0 saturated heterocycles. The Hall–Kier alpha value is -2.66. The molecule has 0 aliphatic carbocycles. The van der Waals surface area contributed by atoms with Crippen molar-refractivity contribution in [3.8, 4) is 16.3 Å². The monoisotopic (exact) mass is 338 g/mol. The van der Waals surface area contributed by atoms with Gasteiger partial charge in [0.15, 0.2) is 0 Å². The molecule has 1 aromatic heterocycles. The second-order valence-corrected chi connectivity index (χ2v) is 6.27. The highest BCUT2D eigenvalue weighted by atomic mass is 32.1. The number of amides is 1. The number of ether oxygens (including phenoxy) is 1. The molecule has 0 unspecified atom stereocenters. The van der Waals surface area contributed by atoms with E-state index in [-0.39, 0.29) is 5.91 Å². The van der Waals surface area contributed by atoms with Gasteiger partial charge in [-0.05, 0) is 43.3 Å². The van der Waals surface area contributed by atoms with Crippen LogP contribution in [0.25, 0.3) is 10.6 Å². The molecule has 0 spiro atoms. The summed E-state index contributed by atoms with van der Waals surface area (Å²) in [6.45, 7) is 2.38. The first-order valence-corrected chi connectivity index (χ1v) is 8.58. The van der Waals surface area contributed by atoms with Gasteiger partial charge >= 0.3 is 0 Å². The van der Waals surface area contributed by atoms with E-state index in [1.165, 1.54) is 5.56 Å². The van der Waals surface area contributed by atoms with E-state index in [1.54, 1.807) is 17.5 Å². The highest BCUT2D eigenvalue weighted by Gasteiger charge is 2.05. The molecule has 3 aromatic rings. The number of hydrogen-bond donors (Lipinski definition) is 1. The molecule has 5 heteroatoms. The number of rotatable bonds is 6. The molecule has 0 aliphatic rings. The minimum absolute atomic E-state index is 0.0656. The van der Waals surface area contributed by atoms with E-state index in [1.807, 2.05) is 60.8 Å². The van der Waals surface area contributed by atoms with Crippen LogP contribution in [-0.4, -0.2) is 17.5 Å². The normalized spacial score (nSPS) is 10.4. The van der Waals surface area contributed by atoms with Crippen LogP contribution in [0.5, 0.6) is 5.75 Å². The summed E-state index contributed by atoms with van der Waals surface area (Å²) in [6, 6.07) is 15.5. The average Bonchev–Trinajstić information content (AvgIpc) is 3.12. The molecular weight excluding hydrogens is 320 g/mol. The van der Waals surface area contributed by atoms with Gasteiger partial charge in [0.05, 0.1) is 13.0 Å². The molecule has 3 rings (SSSR count). The first-order valence-electron chi connectivity index (χ1n) is 7.70. The summed E-state index contributed by atoms with van der Waals surface area (Å²) >= 11 is 1.59. The Bertz CT molecular complexity index is 781. The minimum Gasteiger partial charge on any atom is -0.493 e. The van der Waals surface area contributed by atoms with Crippen molar-refractivity contribution >= 4 is 22.9 Å². The molecule has 0 aliphatic heterocycles. The summed E-state index contributed by atoms with van der Waals surface area (Å²) in [5, 5.41) is 5.79. The van der Waals surface area contributed by atoms with E-state index in [0.717, 1.165) is 22.0 Å². The van der Waals surface area contributed by atoms with Gasteiger partial charge in [-0.2, -0.15) is 0 Å². The molecule has 24 heavy (non-hydrogen) atoms. The van der Waals surface area contributed by atoms with Gasteiger partial charge in [0.25, 0.3) is 0 Å². The summed E-state index contributed by atoms with van der Waals surface area (Å²) in [5.74, 6) is 0.713. The van der Waals surface area contributed by atoms with Crippen LogP contribution >= 0.6 is 11.3 Å². The Kier molecular flexibility index (Phi) is 5.23. The van der Waals surface area contributed by atoms with Crippen LogP contribution in [0.4, 0.5) is 5.69 Å². The van der Waals surface area contributed by atoms with E-state index >= 15 is 0 Å². The lowest BCUT2D eigenvalue weighted by molar-refractivity contribution is -0.116. The quantitative estimate of drug-likeness (QED) is 0.718. The van der Waals surface area contributed by atoms with Crippen molar-refractivity contribution in [1.82, 2.24) is 4.98 Å². The minimum atomic E-state index is -0.0656. The van der Waals surface area contributed by atoms with Crippen LogP contribution in [0.2, 0.25) is 0 Å². The second kappa shape index (κ2) is 7.75. The van der Waals surface area contributed by atoms with Crippen molar-refractivity contribution < 1.29 is 9.53 Å². The van der Waals surface area contributed by atoms with Crippen molar-refractivity contribution in [1.29, 1.82) is 0 Å². The number of aryl methyl sites for hydroxylation is 1. The molecule has 1 heterocycles. The van der Waals surface area contributed by atoms with Crippen LogP contribution in [0.1, 0.15) is 12.0 Å². The van der Waals surface area contributed by atoms with Crippen molar-refractivity contribution in [2.75, 3.05) is 11.9 Å². The van der Waals surface area contributed by atoms with Gasteiger partial charge in [0.1, 0.15) is 10.8 Å². The highest BCUT2D eigenvalue weighted by Crippen LogP contribution is 2.23. The molecule has 1 amide bonds. The SMILES string of the molecule is Cc1ccc(OCCC(=O)Nc2ccc(-c3nccs3)cc2)cc1. The zero-order chi connectivity index (χ0) is 16.8. The summed E-state index contributed by atoms with van der Waals surface area (Å²) in [5.41, 5.74) is 3.00. The zero-order valence-electron chi connectivity index (χ0n) is 13.4. The largest absolute Gasteiger partial charge is 0.493 e. The van der Waals surface area contributed by atoms with Crippen LogP contribution in [-0.2, 0) is 4.79 Å². The number of hydrogen-bond acceptors (Lipinski definition) is 4. The molecule has 0 fully saturated rings. The van der Waals surface area contributed by atoms with Gasteiger partial charge < -0.3 is 10.1 Å². The summed E-state index contributed by atoms with van der Waals surface area (Å²) < 4.78 is 5.57.